The predicted molar refractivity (Wildman–Crippen MR) is 58.8 cm³/mol. The topological polar surface area (TPSA) is 75.6 Å². The third-order valence-electron chi connectivity index (χ3n) is 1.81. The number of hydrogen-bond donors (Lipinski definition) is 2. The number of anilines is 1. The molecule has 16 heavy (non-hydrogen) atoms. The van der Waals surface area contributed by atoms with Gasteiger partial charge in [0.1, 0.15) is 11.6 Å². The molecule has 1 aromatic carbocycles. The van der Waals surface area contributed by atoms with E-state index in [1.807, 2.05) is 0 Å². The first-order valence-electron chi connectivity index (χ1n) is 4.35. The maximum Gasteiger partial charge on any atom is 0.337 e. The Bertz CT molecular complexity index is 419. The third-order valence-corrected chi connectivity index (χ3v) is 2.06. The lowest BCUT2D eigenvalue weighted by Gasteiger charge is -2.07. The summed E-state index contributed by atoms with van der Waals surface area (Å²) in [5.74, 6) is -1.41. The van der Waals surface area contributed by atoms with Gasteiger partial charge in [0, 0.05) is 0 Å². The van der Waals surface area contributed by atoms with Gasteiger partial charge < -0.3 is 15.2 Å². The SMILES string of the molecule is COC(=O)c1ccc(O)c(NC(=O)CCl)c1. The Labute approximate surface area is 97.0 Å². The van der Waals surface area contributed by atoms with Crippen LogP contribution < -0.4 is 5.32 Å². The van der Waals surface area contributed by atoms with Gasteiger partial charge >= 0.3 is 5.97 Å². The maximum absolute atomic E-state index is 11.2. The second kappa shape index (κ2) is 5.37. The first kappa shape index (κ1) is 12.3. The molecule has 0 unspecified atom stereocenters. The van der Waals surface area contributed by atoms with E-state index < -0.39 is 11.9 Å². The fourth-order valence-corrected chi connectivity index (χ4v) is 1.13. The van der Waals surface area contributed by atoms with E-state index in [-0.39, 0.29) is 22.9 Å². The molecule has 0 saturated carbocycles. The molecule has 0 atom stereocenters. The summed E-state index contributed by atoms with van der Waals surface area (Å²) in [7, 11) is 1.24. The van der Waals surface area contributed by atoms with Gasteiger partial charge in [0.2, 0.25) is 5.91 Å². The quantitative estimate of drug-likeness (QED) is 0.477. The number of phenolic OH excluding ortho intramolecular Hbond substituents is 1. The number of alkyl halides is 1. The van der Waals surface area contributed by atoms with Crippen LogP contribution in [0.1, 0.15) is 10.4 Å². The number of carbonyl (C=O) groups is 2. The highest BCUT2D eigenvalue weighted by Gasteiger charge is 2.10. The maximum atomic E-state index is 11.2. The molecule has 0 saturated heterocycles. The normalized spacial score (nSPS) is 9.62. The number of carbonyl (C=O) groups excluding carboxylic acids is 2. The minimum Gasteiger partial charge on any atom is -0.506 e. The summed E-state index contributed by atoms with van der Waals surface area (Å²) in [6.07, 6.45) is 0. The number of benzene rings is 1. The van der Waals surface area contributed by atoms with Gasteiger partial charge in [0.15, 0.2) is 0 Å². The lowest BCUT2D eigenvalue weighted by molar-refractivity contribution is -0.113. The number of hydrogen-bond acceptors (Lipinski definition) is 4. The minimum absolute atomic E-state index is 0.119. The molecule has 6 heteroatoms. The summed E-state index contributed by atoms with van der Waals surface area (Å²) < 4.78 is 4.50. The Balaban J connectivity index is 2.99. The fourth-order valence-electron chi connectivity index (χ4n) is 1.06. The smallest absolute Gasteiger partial charge is 0.337 e. The largest absolute Gasteiger partial charge is 0.506 e. The van der Waals surface area contributed by atoms with Gasteiger partial charge in [-0.05, 0) is 18.2 Å². The highest BCUT2D eigenvalue weighted by Crippen LogP contribution is 2.24. The van der Waals surface area contributed by atoms with Crippen LogP contribution in [0.5, 0.6) is 5.75 Å². The average Bonchev–Trinajstić information content (AvgIpc) is 2.30. The number of rotatable bonds is 3. The summed E-state index contributed by atoms with van der Waals surface area (Å²) in [6, 6.07) is 3.99. The molecule has 0 aromatic heterocycles. The molecule has 0 spiro atoms. The van der Waals surface area contributed by atoms with E-state index in [9.17, 15) is 14.7 Å². The molecule has 0 bridgehead atoms. The van der Waals surface area contributed by atoms with Gasteiger partial charge in [0.05, 0.1) is 18.4 Å². The Morgan fingerprint density at radius 2 is 2.19 bits per heavy atom. The van der Waals surface area contributed by atoms with Crippen molar-refractivity contribution in [2.45, 2.75) is 0 Å². The van der Waals surface area contributed by atoms with Crippen molar-refractivity contribution in [1.82, 2.24) is 0 Å². The molecule has 1 amide bonds. The van der Waals surface area contributed by atoms with Crippen molar-refractivity contribution in [2.75, 3.05) is 18.3 Å². The zero-order chi connectivity index (χ0) is 12.1. The van der Waals surface area contributed by atoms with Crippen LogP contribution >= 0.6 is 11.6 Å². The van der Waals surface area contributed by atoms with Gasteiger partial charge in [-0.3, -0.25) is 4.79 Å². The predicted octanol–water partition coefficient (Wildman–Crippen LogP) is 1.36. The van der Waals surface area contributed by atoms with Gasteiger partial charge in [-0.2, -0.15) is 0 Å². The Kier molecular flexibility index (Phi) is 4.13. The number of esters is 1. The molecule has 1 rings (SSSR count). The van der Waals surface area contributed by atoms with Crippen molar-refractivity contribution in [3.8, 4) is 5.75 Å². The number of halogens is 1. The number of aromatic hydroxyl groups is 1. The molecule has 0 aliphatic carbocycles. The molecule has 1 aromatic rings. The van der Waals surface area contributed by atoms with Gasteiger partial charge in [-0.25, -0.2) is 4.79 Å². The summed E-state index contributed by atoms with van der Waals surface area (Å²) >= 11 is 5.30. The van der Waals surface area contributed by atoms with Crippen molar-refractivity contribution in [2.24, 2.45) is 0 Å². The summed E-state index contributed by atoms with van der Waals surface area (Å²) in [5.41, 5.74) is 0.346. The molecule has 0 heterocycles. The lowest BCUT2D eigenvalue weighted by atomic mass is 10.2. The van der Waals surface area contributed by atoms with Crippen LogP contribution in [0.3, 0.4) is 0 Å². The molecular weight excluding hydrogens is 234 g/mol. The molecular formula is C10H10ClNO4. The van der Waals surface area contributed by atoms with Crippen molar-refractivity contribution < 1.29 is 19.4 Å². The number of amides is 1. The number of methoxy groups -OCH3 is 1. The molecule has 5 nitrogen and oxygen atoms in total. The zero-order valence-electron chi connectivity index (χ0n) is 8.49. The van der Waals surface area contributed by atoms with E-state index in [2.05, 4.69) is 10.1 Å². The van der Waals surface area contributed by atoms with Crippen molar-refractivity contribution in [1.29, 1.82) is 0 Å². The van der Waals surface area contributed by atoms with E-state index >= 15 is 0 Å². The van der Waals surface area contributed by atoms with Crippen LogP contribution in [-0.2, 0) is 9.53 Å². The van der Waals surface area contributed by atoms with Crippen LogP contribution in [0.15, 0.2) is 18.2 Å². The van der Waals surface area contributed by atoms with E-state index in [0.717, 1.165) is 0 Å². The Hall–Kier alpha value is -1.75. The third kappa shape index (κ3) is 2.87. The number of ether oxygens (including phenoxy) is 1. The van der Waals surface area contributed by atoms with Gasteiger partial charge in [-0.15, -0.1) is 11.6 Å². The van der Waals surface area contributed by atoms with Crippen molar-refractivity contribution in [3.63, 3.8) is 0 Å². The van der Waals surface area contributed by atoms with Crippen molar-refractivity contribution in [3.05, 3.63) is 23.8 Å². The zero-order valence-corrected chi connectivity index (χ0v) is 9.25. The number of nitrogens with one attached hydrogen (secondary N) is 1. The van der Waals surface area contributed by atoms with E-state index in [4.69, 9.17) is 11.6 Å². The first-order chi connectivity index (χ1) is 7.58. The minimum atomic E-state index is -0.554. The Morgan fingerprint density at radius 1 is 1.50 bits per heavy atom. The van der Waals surface area contributed by atoms with E-state index in [0.29, 0.717) is 0 Å². The molecule has 0 aliphatic heterocycles. The van der Waals surface area contributed by atoms with Crippen LogP contribution in [0.25, 0.3) is 0 Å². The fraction of sp³-hybridized carbons (Fsp3) is 0.200. The summed E-state index contributed by atoms with van der Waals surface area (Å²) in [5, 5.41) is 11.8. The second-order valence-electron chi connectivity index (χ2n) is 2.91. The first-order valence-corrected chi connectivity index (χ1v) is 4.89. The standard InChI is InChI=1S/C10H10ClNO4/c1-16-10(15)6-2-3-8(13)7(4-6)12-9(14)5-11/h2-4,13H,5H2,1H3,(H,12,14). The number of phenols is 1. The monoisotopic (exact) mass is 243 g/mol. The van der Waals surface area contributed by atoms with Crippen LogP contribution in [0.4, 0.5) is 5.69 Å². The average molecular weight is 244 g/mol. The Morgan fingerprint density at radius 3 is 2.75 bits per heavy atom. The molecule has 0 radical (unpaired) electrons. The van der Waals surface area contributed by atoms with Gasteiger partial charge in [-0.1, -0.05) is 0 Å². The van der Waals surface area contributed by atoms with Crippen LogP contribution in [0.2, 0.25) is 0 Å². The van der Waals surface area contributed by atoms with Gasteiger partial charge in [0.25, 0.3) is 0 Å². The van der Waals surface area contributed by atoms with E-state index in [1.165, 1.54) is 25.3 Å². The molecule has 86 valence electrons. The highest BCUT2D eigenvalue weighted by molar-refractivity contribution is 6.29. The molecule has 2 N–H and O–H groups in total. The highest BCUT2D eigenvalue weighted by atomic mass is 35.5. The van der Waals surface area contributed by atoms with E-state index in [1.54, 1.807) is 0 Å². The van der Waals surface area contributed by atoms with Crippen LogP contribution in [-0.4, -0.2) is 30.0 Å². The second-order valence-corrected chi connectivity index (χ2v) is 3.17. The summed E-state index contributed by atoms with van der Waals surface area (Å²) in [4.78, 5) is 22.2. The van der Waals surface area contributed by atoms with Crippen molar-refractivity contribution >= 4 is 29.2 Å². The molecule has 0 fully saturated rings. The molecule has 0 aliphatic rings. The summed E-state index contributed by atoms with van der Waals surface area (Å²) in [6.45, 7) is 0. The van der Waals surface area contributed by atoms with Crippen LogP contribution in [0, 0.1) is 0 Å². The lowest BCUT2D eigenvalue weighted by Crippen LogP contribution is -2.13.